The van der Waals surface area contributed by atoms with E-state index in [1.807, 2.05) is 28.7 Å². The van der Waals surface area contributed by atoms with Crippen LogP contribution >= 0.6 is 22.6 Å². The summed E-state index contributed by atoms with van der Waals surface area (Å²) in [6.07, 6.45) is 0. The second-order valence-electron chi connectivity index (χ2n) is 3.94. The fraction of sp³-hybridized carbons (Fsp3) is 0.154. The Kier molecular flexibility index (Phi) is 5.68. The number of nitrogens with one attached hydrogen (secondary N) is 2. The van der Waals surface area contributed by atoms with Crippen LogP contribution in [0.2, 0.25) is 0 Å². The summed E-state index contributed by atoms with van der Waals surface area (Å²) in [5, 5.41) is 13.4. The molecule has 3 amide bonds. The number of carboxylic acid groups (broad SMARTS) is 1. The lowest BCUT2D eigenvalue weighted by Gasteiger charge is -2.09. The van der Waals surface area contributed by atoms with Gasteiger partial charge in [-0.05, 0) is 48.6 Å². The number of carbonyl (C=O) groups is 3. The monoisotopic (exact) mass is 388 g/mol. The van der Waals surface area contributed by atoms with Gasteiger partial charge in [-0.3, -0.25) is 10.1 Å². The van der Waals surface area contributed by atoms with E-state index in [9.17, 15) is 14.4 Å². The van der Waals surface area contributed by atoms with Crippen LogP contribution in [-0.4, -0.2) is 23.0 Å². The van der Waals surface area contributed by atoms with E-state index >= 15 is 0 Å². The highest BCUT2D eigenvalue weighted by Crippen LogP contribution is 2.16. The minimum Gasteiger partial charge on any atom is -0.478 e. The highest BCUT2D eigenvalue weighted by Gasteiger charge is 2.15. The molecule has 3 N–H and O–H groups in total. The Balaban J connectivity index is 2.73. The summed E-state index contributed by atoms with van der Waals surface area (Å²) in [5.74, 6) is -1.94. The van der Waals surface area contributed by atoms with Crippen LogP contribution in [0, 0.1) is 3.57 Å². The first kappa shape index (κ1) is 16.2. The number of imide groups is 1. The molecular weight excluding hydrogens is 375 g/mol. The van der Waals surface area contributed by atoms with Gasteiger partial charge in [0.2, 0.25) is 0 Å². The van der Waals surface area contributed by atoms with E-state index in [-0.39, 0.29) is 11.1 Å². The van der Waals surface area contributed by atoms with Crippen molar-refractivity contribution in [2.24, 2.45) is 0 Å². The zero-order valence-electron chi connectivity index (χ0n) is 10.9. The quantitative estimate of drug-likeness (QED) is 0.547. The van der Waals surface area contributed by atoms with Crippen LogP contribution in [0.3, 0.4) is 0 Å². The molecule has 6 nitrogen and oxygen atoms in total. The van der Waals surface area contributed by atoms with Crippen molar-refractivity contribution in [1.82, 2.24) is 5.32 Å². The van der Waals surface area contributed by atoms with Crippen molar-refractivity contribution in [2.45, 2.75) is 13.8 Å². The Bertz CT molecular complexity index is 596. The Morgan fingerprint density at radius 1 is 1.10 bits per heavy atom. The van der Waals surface area contributed by atoms with Crippen molar-refractivity contribution >= 4 is 46.2 Å². The van der Waals surface area contributed by atoms with Crippen LogP contribution in [0.25, 0.3) is 0 Å². The Morgan fingerprint density at radius 2 is 1.70 bits per heavy atom. The third-order valence-corrected chi connectivity index (χ3v) is 3.51. The molecule has 0 aliphatic carbocycles. The van der Waals surface area contributed by atoms with Crippen molar-refractivity contribution in [3.05, 3.63) is 39.0 Å². The lowest BCUT2D eigenvalue weighted by Crippen LogP contribution is -2.35. The van der Waals surface area contributed by atoms with Crippen molar-refractivity contribution in [3.63, 3.8) is 0 Å². The molecule has 0 aliphatic heterocycles. The third-order valence-electron chi connectivity index (χ3n) is 2.57. The molecular formula is C13H13IN2O4. The van der Waals surface area contributed by atoms with Gasteiger partial charge in [0.05, 0.1) is 5.69 Å². The number of urea groups is 1. The highest BCUT2D eigenvalue weighted by atomic mass is 127. The lowest BCUT2D eigenvalue weighted by molar-refractivity contribution is -0.133. The Hall–Kier alpha value is -1.90. The number of hydrogen-bond donors (Lipinski definition) is 3. The first-order chi connectivity index (χ1) is 9.32. The molecule has 1 aromatic carbocycles. The number of para-hydroxylation sites is 1. The summed E-state index contributed by atoms with van der Waals surface area (Å²) < 4.78 is 0.821. The van der Waals surface area contributed by atoms with Gasteiger partial charge in [-0.1, -0.05) is 12.1 Å². The van der Waals surface area contributed by atoms with E-state index in [0.29, 0.717) is 5.69 Å². The number of carbonyl (C=O) groups excluding carboxylic acids is 2. The predicted molar refractivity (Wildman–Crippen MR) is 82.3 cm³/mol. The molecule has 1 aromatic rings. The number of anilines is 1. The second kappa shape index (κ2) is 7.04. The van der Waals surface area contributed by atoms with Gasteiger partial charge < -0.3 is 10.4 Å². The van der Waals surface area contributed by atoms with E-state index in [1.165, 1.54) is 13.8 Å². The van der Waals surface area contributed by atoms with Gasteiger partial charge >= 0.3 is 12.0 Å². The summed E-state index contributed by atoms with van der Waals surface area (Å²) in [6, 6.07) is 6.35. The average Bonchev–Trinajstić information content (AvgIpc) is 2.39. The minimum atomic E-state index is -1.20. The van der Waals surface area contributed by atoms with Gasteiger partial charge in [-0.15, -0.1) is 0 Å². The molecule has 0 heterocycles. The molecule has 0 fully saturated rings. The minimum absolute atomic E-state index is 0.0181. The number of halogens is 1. The standard InChI is InChI=1S/C13H13IN2O4/c1-7(8(2)12(18)19)11(17)16-13(20)15-10-6-4-3-5-9(10)14/h3-6H,1-2H3,(H,18,19)(H2,15,16,17,20). The van der Waals surface area contributed by atoms with Crippen LogP contribution in [0.4, 0.5) is 10.5 Å². The molecule has 7 heteroatoms. The van der Waals surface area contributed by atoms with Crippen molar-refractivity contribution in [2.75, 3.05) is 5.32 Å². The van der Waals surface area contributed by atoms with Gasteiger partial charge in [-0.25, -0.2) is 9.59 Å². The van der Waals surface area contributed by atoms with E-state index in [0.717, 1.165) is 3.57 Å². The number of rotatable bonds is 3. The molecule has 1 rings (SSSR count). The fourth-order valence-electron chi connectivity index (χ4n) is 1.24. The van der Waals surface area contributed by atoms with Crippen LogP contribution < -0.4 is 10.6 Å². The van der Waals surface area contributed by atoms with E-state index in [1.54, 1.807) is 18.2 Å². The van der Waals surface area contributed by atoms with Crippen LogP contribution in [0.1, 0.15) is 13.8 Å². The molecule has 0 unspecified atom stereocenters. The summed E-state index contributed by atoms with van der Waals surface area (Å²) in [4.78, 5) is 34.1. The SMILES string of the molecule is CC(C(=O)O)=C(C)C(=O)NC(=O)Nc1ccccc1I. The molecule has 0 aliphatic rings. The average molecular weight is 388 g/mol. The van der Waals surface area contributed by atoms with E-state index in [2.05, 4.69) is 10.6 Å². The maximum atomic E-state index is 11.7. The van der Waals surface area contributed by atoms with Crippen LogP contribution in [0.15, 0.2) is 35.4 Å². The normalized spacial score (nSPS) is 11.3. The van der Waals surface area contributed by atoms with Crippen molar-refractivity contribution in [1.29, 1.82) is 0 Å². The lowest BCUT2D eigenvalue weighted by atomic mass is 10.1. The second-order valence-corrected chi connectivity index (χ2v) is 5.11. The van der Waals surface area contributed by atoms with E-state index in [4.69, 9.17) is 5.11 Å². The summed E-state index contributed by atoms with van der Waals surface area (Å²) in [6.45, 7) is 2.65. The van der Waals surface area contributed by atoms with Gasteiger partial charge in [0.1, 0.15) is 0 Å². The van der Waals surface area contributed by atoms with Crippen LogP contribution in [-0.2, 0) is 9.59 Å². The molecule has 0 radical (unpaired) electrons. The zero-order valence-corrected chi connectivity index (χ0v) is 13.0. The molecule has 106 valence electrons. The van der Waals surface area contributed by atoms with Gasteiger partial charge in [-0.2, -0.15) is 0 Å². The van der Waals surface area contributed by atoms with Crippen molar-refractivity contribution < 1.29 is 19.5 Å². The fourth-order valence-corrected chi connectivity index (χ4v) is 1.77. The smallest absolute Gasteiger partial charge is 0.331 e. The van der Waals surface area contributed by atoms with Crippen LogP contribution in [0.5, 0.6) is 0 Å². The first-order valence-electron chi connectivity index (χ1n) is 5.60. The maximum absolute atomic E-state index is 11.7. The molecule has 0 saturated heterocycles. The molecule has 0 bridgehead atoms. The number of amides is 3. The predicted octanol–water partition coefficient (Wildman–Crippen LogP) is 2.36. The summed E-state index contributed by atoms with van der Waals surface area (Å²) in [5.41, 5.74) is 0.440. The number of aliphatic carboxylic acids is 1. The molecule has 0 atom stereocenters. The zero-order chi connectivity index (χ0) is 15.3. The first-order valence-corrected chi connectivity index (χ1v) is 6.68. The number of benzene rings is 1. The Morgan fingerprint density at radius 3 is 2.25 bits per heavy atom. The number of hydrogen-bond acceptors (Lipinski definition) is 3. The summed E-state index contributed by atoms with van der Waals surface area (Å²) in [7, 11) is 0. The van der Waals surface area contributed by atoms with E-state index < -0.39 is 17.9 Å². The largest absolute Gasteiger partial charge is 0.478 e. The maximum Gasteiger partial charge on any atom is 0.331 e. The third kappa shape index (κ3) is 4.34. The van der Waals surface area contributed by atoms with Gasteiger partial charge in [0, 0.05) is 14.7 Å². The molecule has 0 saturated carbocycles. The molecule has 0 spiro atoms. The topological polar surface area (TPSA) is 95.5 Å². The highest BCUT2D eigenvalue weighted by molar-refractivity contribution is 14.1. The van der Waals surface area contributed by atoms with Gasteiger partial charge in [0.25, 0.3) is 5.91 Å². The Labute approximate surface area is 129 Å². The van der Waals surface area contributed by atoms with Crippen molar-refractivity contribution in [3.8, 4) is 0 Å². The van der Waals surface area contributed by atoms with Gasteiger partial charge in [0.15, 0.2) is 0 Å². The number of carboxylic acids is 1. The molecule has 0 aromatic heterocycles. The molecule has 20 heavy (non-hydrogen) atoms. The summed E-state index contributed by atoms with van der Waals surface area (Å²) >= 11 is 2.05.